The lowest BCUT2D eigenvalue weighted by Crippen LogP contribution is -2.53. The molecule has 2 aliphatic heterocycles. The topological polar surface area (TPSA) is 67.9 Å². The number of carbonyl (C=O) groups is 2. The lowest BCUT2D eigenvalue weighted by Gasteiger charge is -2.35. The van der Waals surface area contributed by atoms with Crippen molar-refractivity contribution in [2.75, 3.05) is 17.3 Å². The first-order chi connectivity index (χ1) is 15.6. The van der Waals surface area contributed by atoms with Gasteiger partial charge in [-0.05, 0) is 29.8 Å². The van der Waals surface area contributed by atoms with Gasteiger partial charge in [-0.2, -0.15) is 0 Å². The second-order valence-electron chi connectivity index (χ2n) is 7.74. The summed E-state index contributed by atoms with van der Waals surface area (Å²) in [6.07, 6.45) is 2.20. The van der Waals surface area contributed by atoms with Crippen LogP contribution in [0.15, 0.2) is 91.0 Å². The summed E-state index contributed by atoms with van der Waals surface area (Å²) in [7, 11) is 1.58. The molecule has 6 heteroatoms. The molecule has 0 unspecified atom stereocenters. The Morgan fingerprint density at radius 2 is 1.69 bits per heavy atom. The fraction of sp³-hybridized carbons (Fsp3) is 0.154. The second-order valence-corrected chi connectivity index (χ2v) is 7.74. The average molecular weight is 426 g/mol. The van der Waals surface area contributed by atoms with Crippen molar-refractivity contribution >= 4 is 23.3 Å². The van der Waals surface area contributed by atoms with Crippen molar-refractivity contribution in [2.24, 2.45) is 0 Å². The molecular formula is C26H22N2O4. The first kappa shape index (κ1) is 19.9. The normalized spacial score (nSPS) is 21.4. The smallest absolute Gasteiger partial charge is 0.331 e. The van der Waals surface area contributed by atoms with E-state index in [2.05, 4.69) is 5.32 Å². The molecule has 2 atom stereocenters. The van der Waals surface area contributed by atoms with Crippen molar-refractivity contribution in [1.29, 1.82) is 0 Å². The van der Waals surface area contributed by atoms with Crippen molar-refractivity contribution in [3.63, 3.8) is 0 Å². The van der Waals surface area contributed by atoms with Crippen molar-refractivity contribution in [3.8, 4) is 5.75 Å². The van der Waals surface area contributed by atoms with Crippen LogP contribution in [0.25, 0.3) is 0 Å². The molecule has 3 aromatic rings. The van der Waals surface area contributed by atoms with E-state index in [9.17, 15) is 9.59 Å². The molecule has 0 saturated heterocycles. The predicted octanol–water partition coefficient (Wildman–Crippen LogP) is 4.03. The fourth-order valence-corrected chi connectivity index (χ4v) is 4.43. The molecule has 0 aromatic heterocycles. The quantitative estimate of drug-likeness (QED) is 0.603. The number of benzene rings is 3. The molecule has 2 aliphatic rings. The number of nitrogens with zero attached hydrogens (tertiary/aromatic N) is 1. The van der Waals surface area contributed by atoms with Gasteiger partial charge in [-0.3, -0.25) is 4.79 Å². The van der Waals surface area contributed by atoms with E-state index in [0.29, 0.717) is 18.0 Å². The SMILES string of the molecule is COc1ccccc1N[C@@]1([C@@H]2C=CC(=O)O2)C(=O)N(Cc2ccccc2)c2ccccc21. The van der Waals surface area contributed by atoms with Gasteiger partial charge in [0.15, 0.2) is 11.6 Å². The lowest BCUT2D eigenvalue weighted by atomic mass is 9.85. The number of ether oxygens (including phenoxy) is 2. The van der Waals surface area contributed by atoms with E-state index < -0.39 is 17.6 Å². The van der Waals surface area contributed by atoms with Crippen molar-refractivity contribution < 1.29 is 19.1 Å². The van der Waals surface area contributed by atoms with Gasteiger partial charge in [0, 0.05) is 11.6 Å². The number of hydrogen-bond donors (Lipinski definition) is 1. The standard InChI is InChI=1S/C26H22N2O4/c1-31-22-14-8-6-12-20(22)27-26(23-15-16-24(29)32-23)19-11-5-7-13-21(19)28(25(26)30)17-18-9-3-2-4-10-18/h2-16,23,27H,17H2,1H3/t23-,26-/m0/s1. The van der Waals surface area contributed by atoms with Crippen LogP contribution in [0.3, 0.4) is 0 Å². The van der Waals surface area contributed by atoms with Gasteiger partial charge in [0.1, 0.15) is 5.75 Å². The molecule has 32 heavy (non-hydrogen) atoms. The highest BCUT2D eigenvalue weighted by atomic mass is 16.5. The number of para-hydroxylation sites is 3. The Labute approximate surface area is 186 Å². The third kappa shape index (κ3) is 3.12. The number of fused-ring (bicyclic) bond motifs is 1. The highest BCUT2D eigenvalue weighted by molar-refractivity contribution is 6.11. The van der Waals surface area contributed by atoms with Gasteiger partial charge in [-0.25, -0.2) is 4.79 Å². The summed E-state index contributed by atoms with van der Waals surface area (Å²) in [6, 6.07) is 24.8. The monoisotopic (exact) mass is 426 g/mol. The van der Waals surface area contributed by atoms with Crippen LogP contribution >= 0.6 is 0 Å². The maximum Gasteiger partial charge on any atom is 0.331 e. The molecule has 5 rings (SSSR count). The maximum absolute atomic E-state index is 14.2. The van der Waals surface area contributed by atoms with Gasteiger partial charge in [0.2, 0.25) is 0 Å². The predicted molar refractivity (Wildman–Crippen MR) is 121 cm³/mol. The van der Waals surface area contributed by atoms with E-state index in [4.69, 9.17) is 9.47 Å². The van der Waals surface area contributed by atoms with E-state index >= 15 is 0 Å². The van der Waals surface area contributed by atoms with Crippen LogP contribution in [0.4, 0.5) is 11.4 Å². The van der Waals surface area contributed by atoms with Crippen LogP contribution in [-0.4, -0.2) is 25.1 Å². The summed E-state index contributed by atoms with van der Waals surface area (Å²) >= 11 is 0. The molecule has 160 valence electrons. The molecule has 0 bridgehead atoms. The average Bonchev–Trinajstić information content (AvgIpc) is 3.36. The molecule has 0 fully saturated rings. The first-order valence-electron chi connectivity index (χ1n) is 10.4. The van der Waals surface area contributed by atoms with E-state index in [1.54, 1.807) is 18.1 Å². The molecule has 0 aliphatic carbocycles. The van der Waals surface area contributed by atoms with E-state index in [1.807, 2.05) is 78.9 Å². The molecule has 0 saturated carbocycles. The van der Waals surface area contributed by atoms with Crippen LogP contribution in [0.5, 0.6) is 5.75 Å². The number of amides is 1. The third-order valence-electron chi connectivity index (χ3n) is 5.90. The highest BCUT2D eigenvalue weighted by Gasteiger charge is 2.58. The summed E-state index contributed by atoms with van der Waals surface area (Å²) in [5.41, 5.74) is 1.83. The second kappa shape index (κ2) is 7.89. The lowest BCUT2D eigenvalue weighted by molar-refractivity contribution is -0.143. The Balaban J connectivity index is 1.66. The number of rotatable bonds is 6. The van der Waals surface area contributed by atoms with Crippen molar-refractivity contribution in [3.05, 3.63) is 102 Å². The van der Waals surface area contributed by atoms with Gasteiger partial charge in [0.05, 0.1) is 25.0 Å². The number of hydrogen-bond acceptors (Lipinski definition) is 5. The largest absolute Gasteiger partial charge is 0.495 e. The molecule has 2 heterocycles. The van der Waals surface area contributed by atoms with Crippen molar-refractivity contribution in [1.82, 2.24) is 0 Å². The number of anilines is 2. The fourth-order valence-electron chi connectivity index (χ4n) is 4.43. The molecule has 0 radical (unpaired) electrons. The zero-order valence-corrected chi connectivity index (χ0v) is 17.5. The van der Waals surface area contributed by atoms with Gasteiger partial charge < -0.3 is 19.7 Å². The Morgan fingerprint density at radius 3 is 2.44 bits per heavy atom. The first-order valence-corrected chi connectivity index (χ1v) is 10.4. The zero-order valence-electron chi connectivity index (χ0n) is 17.5. The molecular weight excluding hydrogens is 404 g/mol. The molecule has 6 nitrogen and oxygen atoms in total. The maximum atomic E-state index is 14.2. The van der Waals surface area contributed by atoms with Crippen LogP contribution in [0.2, 0.25) is 0 Å². The third-order valence-corrected chi connectivity index (χ3v) is 5.90. The van der Waals surface area contributed by atoms with E-state index in [0.717, 1.165) is 16.8 Å². The van der Waals surface area contributed by atoms with Crippen LogP contribution in [0, 0.1) is 0 Å². The Bertz CT molecular complexity index is 1210. The number of esters is 1. The number of carbonyl (C=O) groups excluding carboxylic acids is 2. The summed E-state index contributed by atoms with van der Waals surface area (Å²) in [4.78, 5) is 28.0. The minimum atomic E-state index is -1.33. The van der Waals surface area contributed by atoms with Crippen LogP contribution in [0.1, 0.15) is 11.1 Å². The minimum absolute atomic E-state index is 0.196. The summed E-state index contributed by atoms with van der Waals surface area (Å²) < 4.78 is 11.1. The summed E-state index contributed by atoms with van der Waals surface area (Å²) in [5, 5.41) is 3.41. The molecule has 0 spiro atoms. The minimum Gasteiger partial charge on any atom is -0.495 e. The summed E-state index contributed by atoms with van der Waals surface area (Å²) in [5.74, 6) is -0.0761. The van der Waals surface area contributed by atoms with Crippen LogP contribution < -0.4 is 15.0 Å². The Kier molecular flexibility index (Phi) is 4.90. The summed E-state index contributed by atoms with van der Waals surface area (Å²) in [6.45, 7) is 0.399. The molecule has 1 N–H and O–H groups in total. The van der Waals surface area contributed by atoms with Gasteiger partial charge in [0.25, 0.3) is 5.91 Å². The Hall–Kier alpha value is -4.06. The highest BCUT2D eigenvalue weighted by Crippen LogP contribution is 2.48. The Morgan fingerprint density at radius 1 is 0.969 bits per heavy atom. The van der Waals surface area contributed by atoms with E-state index in [1.165, 1.54) is 6.08 Å². The van der Waals surface area contributed by atoms with E-state index in [-0.39, 0.29) is 5.91 Å². The van der Waals surface area contributed by atoms with Crippen LogP contribution in [-0.2, 0) is 26.4 Å². The molecule has 3 aromatic carbocycles. The number of nitrogens with one attached hydrogen (secondary N) is 1. The zero-order chi connectivity index (χ0) is 22.1. The number of cyclic esters (lactones) is 1. The van der Waals surface area contributed by atoms with Gasteiger partial charge in [-0.15, -0.1) is 0 Å². The molecule has 1 amide bonds. The number of methoxy groups -OCH3 is 1. The van der Waals surface area contributed by atoms with Gasteiger partial charge in [-0.1, -0.05) is 60.7 Å². The van der Waals surface area contributed by atoms with Crippen molar-refractivity contribution in [2.45, 2.75) is 18.2 Å². The van der Waals surface area contributed by atoms with Gasteiger partial charge >= 0.3 is 5.97 Å².